The lowest BCUT2D eigenvalue weighted by Crippen LogP contribution is -2.61. The van der Waals surface area contributed by atoms with Crippen LogP contribution in [0.15, 0.2) is 18.5 Å². The minimum Gasteiger partial charge on any atom is -0.392 e. The van der Waals surface area contributed by atoms with E-state index in [-0.39, 0.29) is 30.0 Å². The lowest BCUT2D eigenvalue weighted by Gasteiger charge is -2.49. The lowest BCUT2D eigenvalue weighted by atomic mass is 9.64. The van der Waals surface area contributed by atoms with Crippen LogP contribution in [0.1, 0.15) is 20.3 Å². The summed E-state index contributed by atoms with van der Waals surface area (Å²) >= 11 is 0. The van der Waals surface area contributed by atoms with Gasteiger partial charge in [0.25, 0.3) is 0 Å². The third-order valence-electron chi connectivity index (χ3n) is 3.42. The minimum atomic E-state index is -0.317. The number of rotatable bonds is 3. The Morgan fingerprint density at radius 2 is 2.44 bits per heavy atom. The van der Waals surface area contributed by atoms with Gasteiger partial charge in [0.1, 0.15) is 6.54 Å². The zero-order valence-electron chi connectivity index (χ0n) is 9.55. The van der Waals surface area contributed by atoms with E-state index in [1.54, 1.807) is 23.1 Å². The largest absolute Gasteiger partial charge is 0.392 e. The first-order valence-electron chi connectivity index (χ1n) is 5.45. The number of nitrogens with one attached hydrogen (secondary N) is 1. The van der Waals surface area contributed by atoms with E-state index >= 15 is 0 Å². The van der Waals surface area contributed by atoms with Crippen LogP contribution in [-0.4, -0.2) is 32.9 Å². The summed E-state index contributed by atoms with van der Waals surface area (Å²) in [6.07, 6.45) is 3.71. The van der Waals surface area contributed by atoms with Crippen LogP contribution in [-0.2, 0) is 11.3 Å². The molecule has 1 amide bonds. The topological polar surface area (TPSA) is 67.2 Å². The number of hydrogen-bond donors (Lipinski definition) is 2. The fourth-order valence-corrected chi connectivity index (χ4v) is 1.93. The van der Waals surface area contributed by atoms with Crippen molar-refractivity contribution < 1.29 is 9.90 Å². The second kappa shape index (κ2) is 3.90. The molecule has 2 N–H and O–H groups in total. The molecule has 2 unspecified atom stereocenters. The van der Waals surface area contributed by atoms with Gasteiger partial charge in [-0.1, -0.05) is 13.8 Å². The van der Waals surface area contributed by atoms with Gasteiger partial charge in [-0.15, -0.1) is 0 Å². The zero-order valence-corrected chi connectivity index (χ0v) is 9.55. The summed E-state index contributed by atoms with van der Waals surface area (Å²) < 4.78 is 1.58. The average molecular weight is 223 g/mol. The van der Waals surface area contributed by atoms with Crippen LogP contribution in [0.2, 0.25) is 0 Å². The number of nitrogens with zero attached hydrogens (tertiary/aromatic N) is 2. The average Bonchev–Trinajstić information content (AvgIpc) is 2.70. The summed E-state index contributed by atoms with van der Waals surface area (Å²) in [6.45, 7) is 4.15. The van der Waals surface area contributed by atoms with Gasteiger partial charge in [0.2, 0.25) is 5.91 Å². The fraction of sp³-hybridized carbons (Fsp3) is 0.636. The molecule has 1 aromatic rings. The molecule has 1 saturated carbocycles. The molecular formula is C11H17N3O2. The second-order valence-corrected chi connectivity index (χ2v) is 4.90. The van der Waals surface area contributed by atoms with Crippen molar-refractivity contribution in [2.45, 2.75) is 39.0 Å². The third kappa shape index (κ3) is 1.95. The van der Waals surface area contributed by atoms with E-state index in [1.165, 1.54) is 0 Å². The Bertz CT molecular complexity index is 373. The van der Waals surface area contributed by atoms with Crippen LogP contribution >= 0.6 is 0 Å². The highest BCUT2D eigenvalue weighted by atomic mass is 16.3. The van der Waals surface area contributed by atoms with Gasteiger partial charge in [-0.25, -0.2) is 0 Å². The Hall–Kier alpha value is -1.36. The van der Waals surface area contributed by atoms with Gasteiger partial charge in [-0.2, -0.15) is 5.10 Å². The first kappa shape index (κ1) is 11.1. The van der Waals surface area contributed by atoms with Crippen molar-refractivity contribution in [3.8, 4) is 0 Å². The van der Waals surface area contributed by atoms with Crippen LogP contribution in [0.4, 0.5) is 0 Å². The van der Waals surface area contributed by atoms with Crippen molar-refractivity contribution in [3.05, 3.63) is 18.5 Å². The molecule has 1 aliphatic carbocycles. The molecule has 0 aliphatic heterocycles. The van der Waals surface area contributed by atoms with E-state index in [0.717, 1.165) is 0 Å². The van der Waals surface area contributed by atoms with Gasteiger partial charge in [0.15, 0.2) is 0 Å². The van der Waals surface area contributed by atoms with E-state index in [0.29, 0.717) is 6.42 Å². The Morgan fingerprint density at radius 3 is 2.94 bits per heavy atom. The molecule has 5 nitrogen and oxygen atoms in total. The molecule has 5 heteroatoms. The van der Waals surface area contributed by atoms with E-state index < -0.39 is 0 Å². The summed E-state index contributed by atoms with van der Waals surface area (Å²) in [5, 5.41) is 16.4. The molecule has 0 radical (unpaired) electrons. The standard InChI is InChI=1S/C11H17N3O2/c1-11(2)8(6-9(11)15)13-10(16)7-14-5-3-4-12-14/h3-5,8-9,15H,6-7H2,1-2H3,(H,13,16). The second-order valence-electron chi connectivity index (χ2n) is 4.90. The molecule has 16 heavy (non-hydrogen) atoms. The number of amides is 1. The monoisotopic (exact) mass is 223 g/mol. The molecule has 0 saturated heterocycles. The van der Waals surface area contributed by atoms with Crippen LogP contribution in [0.3, 0.4) is 0 Å². The maximum Gasteiger partial charge on any atom is 0.241 e. The van der Waals surface area contributed by atoms with Crippen molar-refractivity contribution in [1.29, 1.82) is 0 Å². The van der Waals surface area contributed by atoms with E-state index in [2.05, 4.69) is 10.4 Å². The van der Waals surface area contributed by atoms with Crippen LogP contribution in [0.25, 0.3) is 0 Å². The van der Waals surface area contributed by atoms with Gasteiger partial charge in [-0.3, -0.25) is 9.48 Å². The highest BCUT2D eigenvalue weighted by molar-refractivity contribution is 5.76. The van der Waals surface area contributed by atoms with Crippen LogP contribution in [0, 0.1) is 5.41 Å². The molecule has 88 valence electrons. The molecule has 2 rings (SSSR count). The van der Waals surface area contributed by atoms with E-state index in [9.17, 15) is 9.90 Å². The molecule has 1 heterocycles. The van der Waals surface area contributed by atoms with E-state index in [1.807, 2.05) is 13.8 Å². The van der Waals surface area contributed by atoms with Crippen molar-refractivity contribution in [2.75, 3.05) is 0 Å². The Morgan fingerprint density at radius 1 is 1.69 bits per heavy atom. The smallest absolute Gasteiger partial charge is 0.241 e. The Kier molecular flexibility index (Phi) is 2.71. The summed E-state index contributed by atoms with van der Waals surface area (Å²) in [5.41, 5.74) is -0.222. The van der Waals surface area contributed by atoms with Crippen molar-refractivity contribution >= 4 is 5.91 Å². The van der Waals surface area contributed by atoms with Gasteiger partial charge in [0.05, 0.1) is 6.10 Å². The number of carbonyl (C=O) groups is 1. The molecule has 1 aliphatic rings. The number of aliphatic hydroxyl groups excluding tert-OH is 1. The summed E-state index contributed by atoms with van der Waals surface area (Å²) in [4.78, 5) is 11.7. The molecular weight excluding hydrogens is 206 g/mol. The van der Waals surface area contributed by atoms with Crippen LogP contribution in [0.5, 0.6) is 0 Å². The summed E-state index contributed by atoms with van der Waals surface area (Å²) in [7, 11) is 0. The predicted octanol–water partition coefficient (Wildman–Crippen LogP) is 0.159. The van der Waals surface area contributed by atoms with Crippen molar-refractivity contribution in [3.63, 3.8) is 0 Å². The number of carbonyl (C=O) groups excluding carboxylic acids is 1. The van der Waals surface area contributed by atoms with Crippen molar-refractivity contribution in [2.24, 2.45) is 5.41 Å². The first-order chi connectivity index (χ1) is 7.50. The van der Waals surface area contributed by atoms with Gasteiger partial charge in [-0.05, 0) is 12.5 Å². The zero-order chi connectivity index (χ0) is 11.8. The van der Waals surface area contributed by atoms with Gasteiger partial charge in [0, 0.05) is 23.9 Å². The predicted molar refractivity (Wildman–Crippen MR) is 58.6 cm³/mol. The normalized spacial score (nSPS) is 27.2. The third-order valence-corrected chi connectivity index (χ3v) is 3.42. The fourth-order valence-electron chi connectivity index (χ4n) is 1.93. The first-order valence-corrected chi connectivity index (χ1v) is 5.45. The Labute approximate surface area is 94.5 Å². The summed E-state index contributed by atoms with van der Waals surface area (Å²) in [5.74, 6) is -0.0614. The SMILES string of the molecule is CC1(C)C(O)CC1NC(=O)Cn1cccn1. The molecule has 0 spiro atoms. The Balaban J connectivity index is 1.85. The maximum absolute atomic E-state index is 11.7. The molecule has 1 aromatic heterocycles. The van der Waals surface area contributed by atoms with E-state index in [4.69, 9.17) is 0 Å². The summed E-state index contributed by atoms with van der Waals surface area (Å²) in [6, 6.07) is 1.84. The van der Waals surface area contributed by atoms with Crippen molar-refractivity contribution in [1.82, 2.24) is 15.1 Å². The maximum atomic E-state index is 11.7. The molecule has 1 fully saturated rings. The minimum absolute atomic E-state index is 0.0607. The molecule has 2 atom stereocenters. The van der Waals surface area contributed by atoms with Gasteiger partial charge < -0.3 is 10.4 Å². The highest BCUT2D eigenvalue weighted by Crippen LogP contribution is 2.40. The van der Waals surface area contributed by atoms with Gasteiger partial charge >= 0.3 is 0 Å². The number of aliphatic hydroxyl groups is 1. The number of hydrogen-bond acceptors (Lipinski definition) is 3. The molecule has 0 aromatic carbocycles. The highest BCUT2D eigenvalue weighted by Gasteiger charge is 2.47. The number of aromatic nitrogens is 2. The van der Waals surface area contributed by atoms with Crippen LogP contribution < -0.4 is 5.32 Å². The lowest BCUT2D eigenvalue weighted by molar-refractivity contribution is -0.130. The quantitative estimate of drug-likeness (QED) is 0.767. The molecule has 0 bridgehead atoms.